The van der Waals surface area contributed by atoms with E-state index in [2.05, 4.69) is 23.9 Å². The smallest absolute Gasteiger partial charge is 0.228 e. The molecule has 0 spiro atoms. The summed E-state index contributed by atoms with van der Waals surface area (Å²) in [5.74, 6) is 3.16. The Kier molecular flexibility index (Phi) is 6.24. The first-order valence-electron chi connectivity index (χ1n) is 13.3. The van der Waals surface area contributed by atoms with Crippen molar-refractivity contribution >= 4 is 11.4 Å². The Bertz CT molecular complexity index is 1670. The van der Waals surface area contributed by atoms with E-state index in [4.69, 9.17) is 23.9 Å². The number of aromatic nitrogens is 4. The molecule has 9 heteroatoms. The number of allylic oxidation sites excluding steroid dienone is 2. The number of aryl methyl sites for hydroxylation is 2. The number of para-hydroxylation sites is 1. The summed E-state index contributed by atoms with van der Waals surface area (Å²) in [6, 6.07) is 11.7. The number of fused-ring (bicyclic) bond motifs is 3. The normalized spacial score (nSPS) is 17.8. The molecule has 3 heterocycles. The van der Waals surface area contributed by atoms with Gasteiger partial charge in [-0.1, -0.05) is 38.1 Å². The molecule has 40 heavy (non-hydrogen) atoms. The summed E-state index contributed by atoms with van der Waals surface area (Å²) in [7, 11) is 3.19. The Morgan fingerprint density at radius 2 is 1.80 bits per heavy atom. The van der Waals surface area contributed by atoms with E-state index in [0.717, 1.165) is 22.4 Å². The van der Waals surface area contributed by atoms with Crippen molar-refractivity contribution in [1.29, 1.82) is 0 Å². The van der Waals surface area contributed by atoms with Crippen LogP contribution in [0.1, 0.15) is 60.7 Å². The summed E-state index contributed by atoms with van der Waals surface area (Å²) in [5, 5.41) is 4.65. The van der Waals surface area contributed by atoms with Crippen molar-refractivity contribution in [3.8, 4) is 23.1 Å². The van der Waals surface area contributed by atoms with Crippen LogP contribution in [-0.2, 0) is 11.4 Å². The molecule has 1 atom stereocenters. The molecule has 0 bridgehead atoms. The van der Waals surface area contributed by atoms with Gasteiger partial charge in [0.2, 0.25) is 5.88 Å². The van der Waals surface area contributed by atoms with Crippen LogP contribution in [0.2, 0.25) is 0 Å². The van der Waals surface area contributed by atoms with E-state index < -0.39 is 5.92 Å². The summed E-state index contributed by atoms with van der Waals surface area (Å²) < 4.78 is 25.2. The Morgan fingerprint density at radius 1 is 1.05 bits per heavy atom. The largest absolute Gasteiger partial charge is 0.493 e. The fraction of sp³-hybridized carbons (Fsp3) is 0.355. The van der Waals surface area contributed by atoms with Crippen LogP contribution in [0.5, 0.6) is 23.1 Å². The second-order valence-electron chi connectivity index (χ2n) is 11.2. The zero-order valence-electron chi connectivity index (χ0n) is 23.6. The van der Waals surface area contributed by atoms with Crippen molar-refractivity contribution in [1.82, 2.24) is 19.6 Å². The molecular formula is C31H32N4O5. The third-order valence-electron chi connectivity index (χ3n) is 7.60. The van der Waals surface area contributed by atoms with Crippen molar-refractivity contribution in [3.63, 3.8) is 0 Å². The van der Waals surface area contributed by atoms with Crippen LogP contribution in [0, 0.1) is 19.3 Å². The van der Waals surface area contributed by atoms with E-state index in [1.807, 2.05) is 50.2 Å². The lowest BCUT2D eigenvalue weighted by Crippen LogP contribution is -2.33. The molecule has 4 aromatic rings. The fourth-order valence-electron chi connectivity index (χ4n) is 5.78. The van der Waals surface area contributed by atoms with E-state index in [9.17, 15) is 4.79 Å². The summed E-state index contributed by atoms with van der Waals surface area (Å²) in [4.78, 5) is 23.2. The minimum Gasteiger partial charge on any atom is -0.493 e. The first-order chi connectivity index (χ1) is 19.2. The lowest BCUT2D eigenvalue weighted by molar-refractivity contribution is -0.118. The monoisotopic (exact) mass is 540 g/mol. The molecule has 206 valence electrons. The molecule has 0 radical (unpaired) electrons. The van der Waals surface area contributed by atoms with Gasteiger partial charge in [-0.2, -0.15) is 0 Å². The topological polar surface area (TPSA) is 97.1 Å². The molecule has 2 aromatic heterocycles. The SMILES string of the molecule is COc1ccc([C@H]2C3=C(CC(C)(C)CC3=O)Oc3ncn4nc(COc5c(C)cccc5C)nc4c32)cc1OC. The van der Waals surface area contributed by atoms with E-state index in [-0.39, 0.29) is 17.8 Å². The third kappa shape index (κ3) is 4.35. The van der Waals surface area contributed by atoms with Gasteiger partial charge < -0.3 is 18.9 Å². The van der Waals surface area contributed by atoms with Crippen LogP contribution in [0.4, 0.5) is 0 Å². The number of ether oxygens (including phenoxy) is 4. The van der Waals surface area contributed by atoms with Crippen molar-refractivity contribution < 1.29 is 23.7 Å². The predicted molar refractivity (Wildman–Crippen MR) is 148 cm³/mol. The van der Waals surface area contributed by atoms with Gasteiger partial charge in [0.05, 0.1) is 25.7 Å². The average molecular weight is 541 g/mol. The number of ketones is 1. The number of methoxy groups -OCH3 is 2. The average Bonchev–Trinajstić information content (AvgIpc) is 3.34. The predicted octanol–water partition coefficient (Wildman–Crippen LogP) is 5.50. The molecule has 0 amide bonds. The highest BCUT2D eigenvalue weighted by molar-refractivity contribution is 6.00. The van der Waals surface area contributed by atoms with Crippen molar-refractivity contribution in [2.75, 3.05) is 14.2 Å². The van der Waals surface area contributed by atoms with Gasteiger partial charge in [0.1, 0.15) is 24.4 Å². The van der Waals surface area contributed by atoms with Gasteiger partial charge in [-0.3, -0.25) is 4.79 Å². The van der Waals surface area contributed by atoms with Gasteiger partial charge in [0.25, 0.3) is 0 Å². The molecule has 0 fully saturated rings. The maximum Gasteiger partial charge on any atom is 0.228 e. The third-order valence-corrected chi connectivity index (χ3v) is 7.60. The molecule has 9 nitrogen and oxygen atoms in total. The number of carbonyl (C=O) groups excluding carboxylic acids is 1. The Morgan fingerprint density at radius 3 is 2.52 bits per heavy atom. The maximum absolute atomic E-state index is 13.7. The highest BCUT2D eigenvalue weighted by Gasteiger charge is 2.44. The van der Waals surface area contributed by atoms with E-state index in [0.29, 0.717) is 58.6 Å². The van der Waals surface area contributed by atoms with E-state index in [1.54, 1.807) is 25.1 Å². The quantitative estimate of drug-likeness (QED) is 0.316. The highest BCUT2D eigenvalue weighted by Crippen LogP contribution is 2.51. The van der Waals surface area contributed by atoms with Crippen molar-refractivity contribution in [3.05, 3.63) is 82.1 Å². The second-order valence-corrected chi connectivity index (χ2v) is 11.2. The van der Waals surface area contributed by atoms with Crippen LogP contribution in [0.3, 0.4) is 0 Å². The zero-order chi connectivity index (χ0) is 28.2. The van der Waals surface area contributed by atoms with Gasteiger partial charge in [-0.05, 0) is 48.1 Å². The first kappa shape index (κ1) is 25.9. The van der Waals surface area contributed by atoms with Gasteiger partial charge in [0, 0.05) is 18.4 Å². The molecular weight excluding hydrogens is 508 g/mol. The first-order valence-corrected chi connectivity index (χ1v) is 13.3. The highest BCUT2D eigenvalue weighted by atomic mass is 16.5. The Balaban J connectivity index is 1.49. The van der Waals surface area contributed by atoms with Gasteiger partial charge in [0.15, 0.2) is 28.8 Å². The molecule has 0 N–H and O–H groups in total. The molecule has 0 unspecified atom stereocenters. The zero-order valence-corrected chi connectivity index (χ0v) is 23.6. The van der Waals surface area contributed by atoms with Crippen molar-refractivity contribution in [2.45, 2.75) is 53.1 Å². The lowest BCUT2D eigenvalue weighted by Gasteiger charge is -2.37. The summed E-state index contributed by atoms with van der Waals surface area (Å²) in [6.45, 7) is 8.37. The summed E-state index contributed by atoms with van der Waals surface area (Å²) in [6.07, 6.45) is 2.65. The maximum atomic E-state index is 13.7. The van der Waals surface area contributed by atoms with Gasteiger partial charge >= 0.3 is 0 Å². The molecule has 1 aliphatic carbocycles. The standard InChI is InChI=1S/C31H32N4O5/c1-17-8-7-9-18(2)28(17)39-15-24-33-29-27-25(19-10-11-21(37-5)22(12-19)38-6)26-20(36)13-31(3,4)14-23(26)40-30(27)32-16-35(29)34-24/h7-12,16,25H,13-15H2,1-6H3/t25-/m0/s1. The summed E-state index contributed by atoms with van der Waals surface area (Å²) in [5.41, 5.74) is 4.61. The minimum absolute atomic E-state index is 0.0526. The van der Waals surface area contributed by atoms with Crippen LogP contribution in [-0.4, -0.2) is 39.6 Å². The molecule has 1 aliphatic heterocycles. The number of Topliss-reactive ketones (excluding diaryl/α,β-unsaturated/α-hetero) is 1. The van der Waals surface area contributed by atoms with E-state index in [1.165, 1.54) is 0 Å². The molecule has 2 aromatic carbocycles. The van der Waals surface area contributed by atoms with Crippen LogP contribution < -0.4 is 18.9 Å². The Hall–Kier alpha value is -4.40. The number of benzene rings is 2. The Labute approximate surface area is 232 Å². The van der Waals surface area contributed by atoms with Crippen molar-refractivity contribution in [2.24, 2.45) is 5.41 Å². The minimum atomic E-state index is -0.463. The number of hydrogen-bond donors (Lipinski definition) is 0. The number of nitrogens with zero attached hydrogens (tertiary/aromatic N) is 4. The van der Waals surface area contributed by atoms with Crippen LogP contribution in [0.15, 0.2) is 54.1 Å². The number of carbonyl (C=O) groups is 1. The summed E-state index contributed by atoms with van der Waals surface area (Å²) >= 11 is 0. The number of hydrogen-bond acceptors (Lipinski definition) is 8. The number of rotatable bonds is 6. The lowest BCUT2D eigenvalue weighted by atomic mass is 9.70. The van der Waals surface area contributed by atoms with Gasteiger partial charge in [-0.15, -0.1) is 5.10 Å². The fourth-order valence-corrected chi connectivity index (χ4v) is 5.78. The molecule has 0 saturated heterocycles. The van der Waals surface area contributed by atoms with Gasteiger partial charge in [-0.25, -0.2) is 14.5 Å². The molecule has 6 rings (SSSR count). The molecule has 2 aliphatic rings. The van der Waals surface area contributed by atoms with Crippen LogP contribution >= 0.6 is 0 Å². The van der Waals surface area contributed by atoms with Crippen LogP contribution in [0.25, 0.3) is 5.65 Å². The molecule has 0 saturated carbocycles. The van der Waals surface area contributed by atoms with E-state index >= 15 is 0 Å². The second kappa shape index (κ2) is 9.66.